The molecule has 0 spiro atoms. The van der Waals surface area contributed by atoms with Gasteiger partial charge in [-0.25, -0.2) is 9.37 Å². The Morgan fingerprint density at radius 2 is 2.24 bits per heavy atom. The van der Waals surface area contributed by atoms with Gasteiger partial charge in [0.1, 0.15) is 0 Å². The maximum absolute atomic E-state index is 13.5. The molecule has 2 bridgehead atoms. The van der Waals surface area contributed by atoms with Gasteiger partial charge in [0, 0.05) is 27.2 Å². The van der Waals surface area contributed by atoms with Crippen molar-refractivity contribution < 1.29 is 13.9 Å². The van der Waals surface area contributed by atoms with E-state index in [1.165, 1.54) is 0 Å². The molecule has 3 heterocycles. The number of nitrogens with zero attached hydrogens (tertiary/aromatic N) is 4. The Balaban J connectivity index is 1.91. The summed E-state index contributed by atoms with van der Waals surface area (Å²) in [5.74, 6) is -0.0657. The van der Waals surface area contributed by atoms with Crippen molar-refractivity contribution in [3.05, 3.63) is 12.0 Å². The Kier molecular flexibility index (Phi) is 3.62. The monoisotopic (exact) mass is 295 g/mol. The Labute approximate surface area is 122 Å². The maximum Gasteiger partial charge on any atom is 0.229 e. The normalized spacial score (nSPS) is 25.8. The van der Waals surface area contributed by atoms with E-state index in [4.69, 9.17) is 4.74 Å². The third kappa shape index (κ3) is 2.51. The molecule has 0 aliphatic carbocycles. The first-order chi connectivity index (χ1) is 10.1. The number of hydrogen-bond donors (Lipinski definition) is 1. The molecule has 0 saturated carbocycles. The molecule has 114 valence electrons. The highest BCUT2D eigenvalue weighted by atomic mass is 19.1. The van der Waals surface area contributed by atoms with E-state index >= 15 is 0 Å². The van der Waals surface area contributed by atoms with Crippen LogP contribution in [0.25, 0.3) is 0 Å². The molecule has 8 heteroatoms. The molecular formula is C13H18FN5O2. The molecule has 2 fully saturated rings. The number of fused-ring (bicyclic) bond motifs is 3. The van der Waals surface area contributed by atoms with E-state index < -0.39 is 5.82 Å². The number of aromatic nitrogens is 2. The van der Waals surface area contributed by atoms with Gasteiger partial charge in [0.25, 0.3) is 0 Å². The number of likely N-dealkylation sites (N-methyl/N-ethyl adjacent to an activating group) is 1. The largest absolute Gasteiger partial charge is 0.378 e. The van der Waals surface area contributed by atoms with Crippen molar-refractivity contribution >= 4 is 17.7 Å². The van der Waals surface area contributed by atoms with Crippen molar-refractivity contribution in [1.82, 2.24) is 14.9 Å². The van der Waals surface area contributed by atoms with E-state index in [9.17, 15) is 9.18 Å². The molecule has 2 aliphatic heterocycles. The average Bonchev–Trinajstić information content (AvgIpc) is 2.65. The number of ether oxygens (including phenoxy) is 1. The Bertz CT molecular complexity index is 555. The molecule has 1 aromatic heterocycles. The highest BCUT2D eigenvalue weighted by molar-refractivity contribution is 5.80. The second kappa shape index (κ2) is 5.44. The number of rotatable bonds is 2. The van der Waals surface area contributed by atoms with Gasteiger partial charge in [-0.3, -0.25) is 4.79 Å². The summed E-state index contributed by atoms with van der Waals surface area (Å²) in [5.41, 5.74) is 0. The number of nitrogens with one attached hydrogen (secondary N) is 1. The van der Waals surface area contributed by atoms with Crippen molar-refractivity contribution in [3.8, 4) is 0 Å². The second-order valence-corrected chi connectivity index (χ2v) is 5.36. The van der Waals surface area contributed by atoms with Crippen molar-refractivity contribution in [1.29, 1.82) is 0 Å². The van der Waals surface area contributed by atoms with E-state index in [0.29, 0.717) is 32.3 Å². The topological polar surface area (TPSA) is 70.6 Å². The van der Waals surface area contributed by atoms with Crippen LogP contribution in [-0.2, 0) is 9.53 Å². The van der Waals surface area contributed by atoms with Crippen LogP contribution >= 0.6 is 0 Å². The minimum atomic E-state index is -0.493. The van der Waals surface area contributed by atoms with Gasteiger partial charge in [-0.1, -0.05) is 0 Å². The van der Waals surface area contributed by atoms with Gasteiger partial charge in [0.15, 0.2) is 11.6 Å². The van der Waals surface area contributed by atoms with Gasteiger partial charge in [0.05, 0.1) is 31.4 Å². The fourth-order valence-corrected chi connectivity index (χ4v) is 2.75. The van der Waals surface area contributed by atoms with E-state index in [2.05, 4.69) is 15.3 Å². The zero-order chi connectivity index (χ0) is 15.0. The fraction of sp³-hybridized carbons (Fsp3) is 0.615. The van der Waals surface area contributed by atoms with Crippen LogP contribution in [-0.4, -0.2) is 67.2 Å². The van der Waals surface area contributed by atoms with Crippen LogP contribution < -0.4 is 10.2 Å². The quantitative estimate of drug-likeness (QED) is 0.825. The van der Waals surface area contributed by atoms with Crippen LogP contribution in [0.2, 0.25) is 0 Å². The first-order valence-corrected chi connectivity index (χ1v) is 6.89. The summed E-state index contributed by atoms with van der Waals surface area (Å²) in [6.07, 6.45) is 1.15. The molecule has 2 atom stereocenters. The summed E-state index contributed by atoms with van der Waals surface area (Å²) < 4.78 is 19.0. The number of carbonyl (C=O) groups is 1. The van der Waals surface area contributed by atoms with Crippen LogP contribution in [0.5, 0.6) is 0 Å². The lowest BCUT2D eigenvalue weighted by Gasteiger charge is -2.29. The first-order valence-electron chi connectivity index (χ1n) is 6.89. The second-order valence-electron chi connectivity index (χ2n) is 5.36. The number of anilines is 2. The lowest BCUT2D eigenvalue weighted by molar-refractivity contribution is -0.133. The number of hydrogen-bond acceptors (Lipinski definition) is 6. The van der Waals surface area contributed by atoms with Gasteiger partial charge in [0.2, 0.25) is 11.9 Å². The molecule has 3 rings (SSSR count). The number of amides is 1. The smallest absolute Gasteiger partial charge is 0.229 e. The molecule has 1 amide bonds. The standard InChI is InChI=1S/C13H18FN5O2/c1-15-11-10(14)3-16-13(17-11)19-4-8-6-21-7-9(5-19)18(2)12(8)20/h3,8-9H,4-7H2,1-2H3,(H,15,16,17)/t8-,9+/m1/s1. The molecule has 0 radical (unpaired) electrons. The predicted molar refractivity (Wildman–Crippen MR) is 74.6 cm³/mol. The fourth-order valence-electron chi connectivity index (χ4n) is 2.75. The highest BCUT2D eigenvalue weighted by Gasteiger charge is 2.38. The van der Waals surface area contributed by atoms with Crippen LogP contribution in [0, 0.1) is 11.7 Å². The third-order valence-electron chi connectivity index (χ3n) is 4.00. The zero-order valence-corrected chi connectivity index (χ0v) is 12.0. The number of halogens is 1. The zero-order valence-electron chi connectivity index (χ0n) is 12.0. The maximum atomic E-state index is 13.5. The number of carbonyl (C=O) groups excluding carboxylic acids is 1. The SMILES string of the molecule is CNc1nc(N2C[C@@H]3COC[C@H](C2)N(C)C3=O)ncc1F. The summed E-state index contributed by atoms with van der Waals surface area (Å²) >= 11 is 0. The summed E-state index contributed by atoms with van der Waals surface area (Å²) in [6, 6.07) is -0.0447. The van der Waals surface area contributed by atoms with Gasteiger partial charge in [-0.2, -0.15) is 4.98 Å². The molecule has 0 aromatic carbocycles. The minimum Gasteiger partial charge on any atom is -0.378 e. The van der Waals surface area contributed by atoms with Crippen LogP contribution in [0.1, 0.15) is 0 Å². The minimum absolute atomic E-state index is 0.0447. The molecule has 1 aromatic rings. The van der Waals surface area contributed by atoms with E-state index in [1.54, 1.807) is 19.0 Å². The Morgan fingerprint density at radius 3 is 3.00 bits per heavy atom. The summed E-state index contributed by atoms with van der Waals surface area (Å²) in [5, 5.41) is 2.70. The van der Waals surface area contributed by atoms with Crippen LogP contribution in [0.15, 0.2) is 6.20 Å². The van der Waals surface area contributed by atoms with Crippen molar-refractivity contribution in [2.24, 2.45) is 5.92 Å². The van der Waals surface area contributed by atoms with Crippen LogP contribution in [0.4, 0.5) is 16.2 Å². The van der Waals surface area contributed by atoms with Gasteiger partial charge in [-0.15, -0.1) is 0 Å². The van der Waals surface area contributed by atoms with E-state index in [0.717, 1.165) is 6.20 Å². The summed E-state index contributed by atoms with van der Waals surface area (Å²) in [7, 11) is 3.40. The third-order valence-corrected chi connectivity index (χ3v) is 4.00. The van der Waals surface area contributed by atoms with Gasteiger partial charge in [-0.05, 0) is 0 Å². The molecule has 2 saturated heterocycles. The lowest BCUT2D eigenvalue weighted by Crippen LogP contribution is -2.43. The van der Waals surface area contributed by atoms with E-state index in [1.807, 2.05) is 4.90 Å². The predicted octanol–water partition coefficient (Wildman–Crippen LogP) is -0.0492. The lowest BCUT2D eigenvalue weighted by atomic mass is 10.1. The molecular weight excluding hydrogens is 277 g/mol. The van der Waals surface area contributed by atoms with Crippen molar-refractivity contribution in [2.45, 2.75) is 6.04 Å². The van der Waals surface area contributed by atoms with Crippen LogP contribution in [0.3, 0.4) is 0 Å². The first kappa shape index (κ1) is 14.0. The Hall–Kier alpha value is -1.96. The van der Waals surface area contributed by atoms with Gasteiger partial charge < -0.3 is 19.9 Å². The average molecular weight is 295 g/mol. The molecule has 21 heavy (non-hydrogen) atoms. The summed E-state index contributed by atoms with van der Waals surface area (Å²) in [6.45, 7) is 1.95. The van der Waals surface area contributed by atoms with Gasteiger partial charge >= 0.3 is 0 Å². The molecule has 1 N–H and O–H groups in total. The van der Waals surface area contributed by atoms with Crippen molar-refractivity contribution in [2.75, 3.05) is 50.6 Å². The highest BCUT2D eigenvalue weighted by Crippen LogP contribution is 2.23. The summed E-state index contributed by atoms with van der Waals surface area (Å²) in [4.78, 5) is 24.2. The molecule has 0 unspecified atom stereocenters. The molecule has 7 nitrogen and oxygen atoms in total. The van der Waals surface area contributed by atoms with E-state index in [-0.39, 0.29) is 23.7 Å². The molecule has 2 aliphatic rings. The van der Waals surface area contributed by atoms with Crippen molar-refractivity contribution in [3.63, 3.8) is 0 Å². The Morgan fingerprint density at radius 1 is 1.43 bits per heavy atom.